The molecule has 1 atom stereocenters. The molecule has 1 amide bonds. The van der Waals surface area contributed by atoms with Crippen molar-refractivity contribution in [3.05, 3.63) is 139 Å². The van der Waals surface area contributed by atoms with E-state index in [1.807, 2.05) is 79.7 Å². The Kier molecular flexibility index (Phi) is 9.55. The van der Waals surface area contributed by atoms with E-state index in [0.29, 0.717) is 38.6 Å². The van der Waals surface area contributed by atoms with Gasteiger partial charge in [-0.2, -0.15) is 0 Å². The molecule has 0 aliphatic carbocycles. The van der Waals surface area contributed by atoms with Crippen LogP contribution in [-0.2, 0) is 21.9 Å². The molecule has 1 aliphatic heterocycles. The lowest BCUT2D eigenvalue weighted by Gasteiger charge is -2.22. The van der Waals surface area contributed by atoms with E-state index in [4.69, 9.17) is 16.3 Å². The number of carbonyl (C=O) groups is 2. The van der Waals surface area contributed by atoms with Crippen molar-refractivity contribution in [3.8, 4) is 5.75 Å². The van der Waals surface area contributed by atoms with Crippen LogP contribution in [0.2, 0.25) is 5.02 Å². The lowest BCUT2D eigenvalue weighted by Crippen LogP contribution is -2.29. The summed E-state index contributed by atoms with van der Waals surface area (Å²) in [5.41, 5.74) is 4.19. The zero-order valence-electron chi connectivity index (χ0n) is 23.8. The van der Waals surface area contributed by atoms with Crippen molar-refractivity contribution in [2.24, 2.45) is 0 Å². The minimum Gasteiger partial charge on any atom is -0.507 e. The van der Waals surface area contributed by atoms with Gasteiger partial charge >= 0.3 is 5.91 Å². The van der Waals surface area contributed by atoms with Crippen molar-refractivity contribution in [2.45, 2.75) is 29.7 Å². The number of hydrogen-bond donors (Lipinski definition) is 1. The van der Waals surface area contributed by atoms with E-state index in [-0.39, 0.29) is 16.5 Å². The molecule has 6 rings (SSSR count). The van der Waals surface area contributed by atoms with Crippen molar-refractivity contribution < 1.29 is 19.4 Å². The average molecular weight is 766 g/mol. The standard InChI is InChI=1S/C34H25ClIN3O4S2/c1-20-6-2-3-7-23(20)18-43-26-16-12-22(13-17-26)30(40)28-29(21-10-14-25(36)15-11-21)39(32(42)31(28)41)33-37-38-34(45-33)44-19-24-8-4-5-9-27(24)35/h2-17,29,40H,18-19H2,1H3. The second-order valence-corrected chi connectivity index (χ2v) is 14.0. The first-order valence-corrected chi connectivity index (χ1v) is 17.1. The number of rotatable bonds is 9. The van der Waals surface area contributed by atoms with Crippen LogP contribution in [0.4, 0.5) is 5.13 Å². The molecule has 11 heteroatoms. The lowest BCUT2D eigenvalue weighted by atomic mass is 9.95. The maximum atomic E-state index is 13.6. The summed E-state index contributed by atoms with van der Waals surface area (Å²) in [6.45, 7) is 2.43. The Morgan fingerprint density at radius 2 is 1.64 bits per heavy atom. The molecule has 4 aromatic carbocycles. The largest absolute Gasteiger partial charge is 0.507 e. The van der Waals surface area contributed by atoms with Gasteiger partial charge in [0.15, 0.2) is 4.34 Å². The number of anilines is 1. The predicted molar refractivity (Wildman–Crippen MR) is 187 cm³/mol. The van der Waals surface area contributed by atoms with E-state index in [9.17, 15) is 14.7 Å². The number of aryl methyl sites for hydroxylation is 1. The predicted octanol–water partition coefficient (Wildman–Crippen LogP) is 8.60. The molecule has 0 radical (unpaired) electrons. The quantitative estimate of drug-likeness (QED) is 0.0402. The molecule has 1 saturated heterocycles. The van der Waals surface area contributed by atoms with Gasteiger partial charge in [-0.05, 0) is 94.2 Å². The third-order valence-electron chi connectivity index (χ3n) is 7.32. The Hall–Kier alpha value is -3.71. The number of benzene rings is 4. The molecule has 1 unspecified atom stereocenters. The Balaban J connectivity index is 1.30. The average Bonchev–Trinajstić information content (AvgIpc) is 3.62. The van der Waals surface area contributed by atoms with Gasteiger partial charge in [-0.3, -0.25) is 14.5 Å². The van der Waals surface area contributed by atoms with Crippen molar-refractivity contribution in [3.63, 3.8) is 0 Å². The van der Waals surface area contributed by atoms with Crippen molar-refractivity contribution in [1.29, 1.82) is 0 Å². The first-order chi connectivity index (χ1) is 21.8. The number of carbonyl (C=O) groups excluding carboxylic acids is 2. The number of hydrogen-bond acceptors (Lipinski definition) is 8. The van der Waals surface area contributed by atoms with Gasteiger partial charge in [0.25, 0.3) is 5.78 Å². The van der Waals surface area contributed by atoms with Crippen LogP contribution in [0, 0.1) is 10.5 Å². The summed E-state index contributed by atoms with van der Waals surface area (Å²) >= 11 is 11.2. The Morgan fingerprint density at radius 1 is 0.956 bits per heavy atom. The number of thioether (sulfide) groups is 1. The summed E-state index contributed by atoms with van der Waals surface area (Å²) in [6, 6.07) is 28.9. The van der Waals surface area contributed by atoms with Crippen LogP contribution in [0.25, 0.3) is 5.76 Å². The Labute approximate surface area is 287 Å². The minimum atomic E-state index is -0.895. The van der Waals surface area contributed by atoms with Crippen LogP contribution < -0.4 is 9.64 Å². The molecule has 0 bridgehead atoms. The molecule has 5 aromatic rings. The molecule has 2 heterocycles. The number of aromatic nitrogens is 2. The number of aliphatic hydroxyl groups is 1. The number of ketones is 1. The molecule has 0 spiro atoms. The Morgan fingerprint density at radius 3 is 2.36 bits per heavy atom. The SMILES string of the molecule is Cc1ccccc1COc1ccc(C(O)=C2C(=O)C(=O)N(c3nnc(SCc4ccccc4Cl)s3)C2c2ccc(I)cc2)cc1. The fourth-order valence-corrected chi connectivity index (χ4v) is 7.41. The second-order valence-electron chi connectivity index (χ2n) is 10.2. The Bertz CT molecular complexity index is 1910. The van der Waals surface area contributed by atoms with Gasteiger partial charge in [0, 0.05) is 19.9 Å². The van der Waals surface area contributed by atoms with Crippen LogP contribution in [0.3, 0.4) is 0 Å². The molecular formula is C34H25ClIN3O4S2. The summed E-state index contributed by atoms with van der Waals surface area (Å²) in [5, 5.41) is 21.0. The lowest BCUT2D eigenvalue weighted by molar-refractivity contribution is -0.132. The zero-order valence-corrected chi connectivity index (χ0v) is 28.4. The van der Waals surface area contributed by atoms with E-state index in [0.717, 1.165) is 20.3 Å². The van der Waals surface area contributed by atoms with Gasteiger partial charge in [-0.15, -0.1) is 10.2 Å². The van der Waals surface area contributed by atoms with Crippen LogP contribution >= 0.6 is 57.3 Å². The van der Waals surface area contributed by atoms with E-state index in [1.54, 1.807) is 24.3 Å². The number of halogens is 2. The van der Waals surface area contributed by atoms with Crippen molar-refractivity contribution in [2.75, 3.05) is 4.90 Å². The topological polar surface area (TPSA) is 92.6 Å². The molecule has 226 valence electrons. The first kappa shape index (κ1) is 31.3. The highest BCUT2D eigenvalue weighted by Gasteiger charge is 2.48. The van der Waals surface area contributed by atoms with Crippen molar-refractivity contribution >= 4 is 79.9 Å². The first-order valence-electron chi connectivity index (χ1n) is 13.8. The molecule has 0 saturated carbocycles. The smallest absolute Gasteiger partial charge is 0.301 e. The summed E-state index contributed by atoms with van der Waals surface area (Å²) in [5.74, 6) is -0.672. The molecule has 1 N–H and O–H groups in total. The van der Waals surface area contributed by atoms with Gasteiger partial charge in [0.1, 0.15) is 18.1 Å². The summed E-state index contributed by atoms with van der Waals surface area (Å²) in [4.78, 5) is 28.5. The number of Topliss-reactive ketones (excluding diaryl/α,β-unsaturated/α-hetero) is 1. The van der Waals surface area contributed by atoms with E-state index < -0.39 is 17.7 Å². The fourth-order valence-electron chi connectivity index (χ4n) is 4.90. The third kappa shape index (κ3) is 6.79. The summed E-state index contributed by atoms with van der Waals surface area (Å²) in [6.07, 6.45) is 0. The highest BCUT2D eigenvalue weighted by molar-refractivity contribution is 14.1. The van der Waals surface area contributed by atoms with Gasteiger partial charge in [-0.1, -0.05) is 89.3 Å². The van der Waals surface area contributed by atoms with E-state index in [2.05, 4.69) is 32.8 Å². The highest BCUT2D eigenvalue weighted by Crippen LogP contribution is 2.44. The monoisotopic (exact) mass is 765 g/mol. The van der Waals surface area contributed by atoms with E-state index in [1.165, 1.54) is 28.0 Å². The van der Waals surface area contributed by atoms with Crippen LogP contribution in [-0.4, -0.2) is 27.0 Å². The molecular weight excluding hydrogens is 741 g/mol. The molecule has 45 heavy (non-hydrogen) atoms. The number of ether oxygens (including phenoxy) is 1. The van der Waals surface area contributed by atoms with Crippen LogP contribution in [0.5, 0.6) is 5.75 Å². The highest BCUT2D eigenvalue weighted by atomic mass is 127. The molecule has 7 nitrogen and oxygen atoms in total. The number of nitrogens with zero attached hydrogens (tertiary/aromatic N) is 3. The van der Waals surface area contributed by atoms with Crippen LogP contribution in [0.1, 0.15) is 33.9 Å². The molecule has 1 aliphatic rings. The minimum absolute atomic E-state index is 0.0183. The molecule has 1 fully saturated rings. The fraction of sp³-hybridized carbons (Fsp3) is 0.118. The normalized spacial score (nSPS) is 15.9. The maximum absolute atomic E-state index is 13.6. The number of amides is 1. The number of aliphatic hydroxyl groups excluding tert-OH is 1. The summed E-state index contributed by atoms with van der Waals surface area (Å²) in [7, 11) is 0. The van der Waals surface area contributed by atoms with Gasteiger partial charge < -0.3 is 9.84 Å². The summed E-state index contributed by atoms with van der Waals surface area (Å²) < 4.78 is 7.56. The van der Waals surface area contributed by atoms with Crippen LogP contribution in [0.15, 0.2) is 107 Å². The van der Waals surface area contributed by atoms with Crippen molar-refractivity contribution in [1.82, 2.24) is 10.2 Å². The van der Waals surface area contributed by atoms with Gasteiger partial charge in [0.05, 0.1) is 11.6 Å². The second kappa shape index (κ2) is 13.7. The van der Waals surface area contributed by atoms with E-state index >= 15 is 0 Å². The van der Waals surface area contributed by atoms with Gasteiger partial charge in [0.2, 0.25) is 5.13 Å². The third-order valence-corrected chi connectivity index (χ3v) is 10.5. The zero-order chi connectivity index (χ0) is 31.5. The maximum Gasteiger partial charge on any atom is 0.301 e. The van der Waals surface area contributed by atoms with Gasteiger partial charge in [-0.25, -0.2) is 0 Å². The molecule has 1 aromatic heterocycles.